The van der Waals surface area contributed by atoms with E-state index in [2.05, 4.69) is 16.0 Å². The van der Waals surface area contributed by atoms with E-state index in [1.54, 1.807) is 25.2 Å². The van der Waals surface area contributed by atoms with Crippen molar-refractivity contribution in [2.24, 2.45) is 5.92 Å². The number of hydrogen-bond donors (Lipinski definition) is 3. The fraction of sp³-hybridized carbons (Fsp3) is 0.429. The second kappa shape index (κ2) is 8.22. The van der Waals surface area contributed by atoms with Gasteiger partial charge in [-0.15, -0.1) is 12.4 Å². The molecule has 7 heteroatoms. The molecule has 5 nitrogen and oxygen atoms in total. The Morgan fingerprint density at radius 1 is 1.33 bits per heavy atom. The Hall–Kier alpha value is -1.30. The molecule has 1 saturated carbocycles. The average Bonchev–Trinajstić information content (AvgIpc) is 3.22. The summed E-state index contributed by atoms with van der Waals surface area (Å²) in [6, 6.07) is 4.83. The van der Waals surface area contributed by atoms with Gasteiger partial charge >= 0.3 is 0 Å². The van der Waals surface area contributed by atoms with Crippen LogP contribution in [-0.2, 0) is 4.79 Å². The number of carbonyl (C=O) groups excluding carboxylic acids is 2. The highest BCUT2D eigenvalue weighted by Crippen LogP contribution is 2.27. The Kier molecular flexibility index (Phi) is 6.95. The molecule has 116 valence electrons. The van der Waals surface area contributed by atoms with Crippen molar-refractivity contribution >= 4 is 41.5 Å². The third-order valence-electron chi connectivity index (χ3n) is 3.14. The number of hydrogen-bond acceptors (Lipinski definition) is 3. The second-order valence-corrected chi connectivity index (χ2v) is 5.30. The number of anilines is 1. The highest BCUT2D eigenvalue weighted by Gasteiger charge is 2.20. The van der Waals surface area contributed by atoms with Gasteiger partial charge in [0.05, 0.1) is 17.1 Å². The Balaban J connectivity index is 0.00000220. The molecule has 0 heterocycles. The molecule has 2 rings (SSSR count). The molecule has 1 aromatic rings. The van der Waals surface area contributed by atoms with Crippen LogP contribution in [0.15, 0.2) is 18.2 Å². The van der Waals surface area contributed by atoms with Gasteiger partial charge < -0.3 is 16.0 Å². The van der Waals surface area contributed by atoms with Gasteiger partial charge in [-0.1, -0.05) is 11.6 Å². The highest BCUT2D eigenvalue weighted by molar-refractivity contribution is 6.34. The van der Waals surface area contributed by atoms with Crippen LogP contribution >= 0.6 is 24.0 Å². The molecule has 1 aliphatic carbocycles. The van der Waals surface area contributed by atoms with Gasteiger partial charge in [0, 0.05) is 12.7 Å². The maximum absolute atomic E-state index is 11.7. The smallest absolute Gasteiger partial charge is 0.252 e. The lowest BCUT2D eigenvalue weighted by molar-refractivity contribution is -0.115. The molecule has 1 aromatic carbocycles. The summed E-state index contributed by atoms with van der Waals surface area (Å²) in [5.74, 6) is 0.373. The third-order valence-corrected chi connectivity index (χ3v) is 3.45. The number of benzene rings is 1. The first-order chi connectivity index (χ1) is 9.60. The van der Waals surface area contributed by atoms with Gasteiger partial charge in [-0.2, -0.15) is 0 Å². The van der Waals surface area contributed by atoms with Crippen molar-refractivity contribution in [1.82, 2.24) is 10.6 Å². The minimum Gasteiger partial charge on any atom is -0.355 e. The third kappa shape index (κ3) is 5.53. The summed E-state index contributed by atoms with van der Waals surface area (Å²) in [7, 11) is 1.54. The normalized spacial score (nSPS) is 13.2. The molecule has 0 spiro atoms. The van der Waals surface area contributed by atoms with Gasteiger partial charge in [0.1, 0.15) is 0 Å². The van der Waals surface area contributed by atoms with Crippen molar-refractivity contribution in [2.45, 2.75) is 12.8 Å². The SMILES string of the molecule is CNC(=O)c1ccc(NC(=O)CNCC2CC2)cc1Cl.Cl. The molecule has 3 N–H and O–H groups in total. The van der Waals surface area contributed by atoms with Crippen LogP contribution in [0.5, 0.6) is 0 Å². The van der Waals surface area contributed by atoms with Gasteiger partial charge in [-0.3, -0.25) is 9.59 Å². The maximum atomic E-state index is 11.7. The first-order valence-electron chi connectivity index (χ1n) is 6.62. The Morgan fingerprint density at radius 2 is 2.05 bits per heavy atom. The van der Waals surface area contributed by atoms with Crippen molar-refractivity contribution in [1.29, 1.82) is 0 Å². The van der Waals surface area contributed by atoms with E-state index >= 15 is 0 Å². The standard InChI is InChI=1S/C14H18ClN3O2.ClH/c1-16-14(20)11-5-4-10(6-12(11)15)18-13(19)8-17-7-9-2-3-9;/h4-6,9,17H,2-3,7-8H2,1H3,(H,16,20)(H,18,19);1H. The van der Waals surface area contributed by atoms with Crippen molar-refractivity contribution in [3.05, 3.63) is 28.8 Å². The second-order valence-electron chi connectivity index (χ2n) is 4.90. The Bertz CT molecular complexity index is 519. The Morgan fingerprint density at radius 3 is 2.62 bits per heavy atom. The summed E-state index contributed by atoms with van der Waals surface area (Å²) in [4.78, 5) is 23.2. The molecule has 0 bridgehead atoms. The molecule has 0 radical (unpaired) electrons. The summed E-state index contributed by atoms with van der Waals surface area (Å²) in [5.41, 5.74) is 0.972. The zero-order valence-corrected chi connectivity index (χ0v) is 13.3. The first kappa shape index (κ1) is 17.8. The largest absolute Gasteiger partial charge is 0.355 e. The maximum Gasteiger partial charge on any atom is 0.252 e. The van der Waals surface area contributed by atoms with E-state index in [1.165, 1.54) is 12.8 Å². The van der Waals surface area contributed by atoms with Crippen molar-refractivity contribution in [3.63, 3.8) is 0 Å². The summed E-state index contributed by atoms with van der Waals surface area (Å²) in [6.07, 6.45) is 2.51. The quantitative estimate of drug-likeness (QED) is 0.747. The molecule has 0 atom stereocenters. The summed E-state index contributed by atoms with van der Waals surface area (Å²) in [6.45, 7) is 1.18. The summed E-state index contributed by atoms with van der Waals surface area (Å²) in [5, 5.41) is 8.67. The molecule has 21 heavy (non-hydrogen) atoms. The van der Waals surface area contributed by atoms with Gasteiger partial charge in [-0.05, 0) is 43.5 Å². The van der Waals surface area contributed by atoms with E-state index in [-0.39, 0.29) is 30.8 Å². The zero-order chi connectivity index (χ0) is 14.5. The molecule has 0 aliphatic heterocycles. The molecular weight excluding hydrogens is 313 g/mol. The zero-order valence-electron chi connectivity index (χ0n) is 11.7. The number of carbonyl (C=O) groups is 2. The predicted molar refractivity (Wildman–Crippen MR) is 86.3 cm³/mol. The van der Waals surface area contributed by atoms with Crippen LogP contribution in [0.25, 0.3) is 0 Å². The van der Waals surface area contributed by atoms with Gasteiger partial charge in [-0.25, -0.2) is 0 Å². The molecular formula is C14H19Cl2N3O2. The molecule has 0 saturated heterocycles. The minimum absolute atomic E-state index is 0. The van der Waals surface area contributed by atoms with Crippen LogP contribution in [0.1, 0.15) is 23.2 Å². The van der Waals surface area contributed by atoms with E-state index in [4.69, 9.17) is 11.6 Å². The van der Waals surface area contributed by atoms with Gasteiger partial charge in [0.25, 0.3) is 5.91 Å². The average molecular weight is 332 g/mol. The van der Waals surface area contributed by atoms with Crippen LogP contribution in [0.3, 0.4) is 0 Å². The van der Waals surface area contributed by atoms with Gasteiger partial charge in [0.15, 0.2) is 0 Å². The summed E-state index contributed by atoms with van der Waals surface area (Å²) >= 11 is 6.01. The van der Waals surface area contributed by atoms with Crippen molar-refractivity contribution in [3.8, 4) is 0 Å². The van der Waals surface area contributed by atoms with E-state index in [1.807, 2.05) is 0 Å². The molecule has 1 fully saturated rings. The van der Waals surface area contributed by atoms with E-state index < -0.39 is 0 Å². The molecule has 2 amide bonds. The monoisotopic (exact) mass is 331 g/mol. The lowest BCUT2D eigenvalue weighted by Crippen LogP contribution is -2.29. The number of halogens is 2. The minimum atomic E-state index is -0.251. The van der Waals surface area contributed by atoms with E-state index in [0.717, 1.165) is 12.5 Å². The van der Waals surface area contributed by atoms with Crippen LogP contribution in [0.4, 0.5) is 5.69 Å². The summed E-state index contributed by atoms with van der Waals surface area (Å²) < 4.78 is 0. The topological polar surface area (TPSA) is 70.2 Å². The fourth-order valence-electron chi connectivity index (χ4n) is 1.83. The number of nitrogens with one attached hydrogen (secondary N) is 3. The lowest BCUT2D eigenvalue weighted by atomic mass is 10.2. The number of amides is 2. The van der Waals surface area contributed by atoms with Crippen LogP contribution in [-0.4, -0.2) is 32.0 Å². The molecule has 0 unspecified atom stereocenters. The van der Waals surface area contributed by atoms with Crippen LogP contribution in [0, 0.1) is 5.92 Å². The van der Waals surface area contributed by atoms with Crippen LogP contribution in [0.2, 0.25) is 5.02 Å². The van der Waals surface area contributed by atoms with E-state index in [9.17, 15) is 9.59 Å². The molecule has 1 aliphatic rings. The molecule has 0 aromatic heterocycles. The van der Waals surface area contributed by atoms with Crippen LogP contribution < -0.4 is 16.0 Å². The van der Waals surface area contributed by atoms with E-state index in [0.29, 0.717) is 16.3 Å². The van der Waals surface area contributed by atoms with Gasteiger partial charge in [0.2, 0.25) is 5.91 Å². The van der Waals surface area contributed by atoms with Crippen molar-refractivity contribution in [2.75, 3.05) is 25.5 Å². The number of rotatable bonds is 6. The lowest BCUT2D eigenvalue weighted by Gasteiger charge is -2.08. The predicted octanol–water partition coefficient (Wildman–Crippen LogP) is 2.06. The Labute approximate surface area is 135 Å². The highest BCUT2D eigenvalue weighted by atomic mass is 35.5. The first-order valence-corrected chi connectivity index (χ1v) is 7.00. The van der Waals surface area contributed by atoms with Crippen molar-refractivity contribution < 1.29 is 9.59 Å². The fourth-order valence-corrected chi connectivity index (χ4v) is 2.10.